The Labute approximate surface area is 148 Å². The van der Waals surface area contributed by atoms with Crippen molar-refractivity contribution >= 4 is 11.9 Å². The van der Waals surface area contributed by atoms with E-state index in [9.17, 15) is 5.11 Å². The number of aliphatic imine (C=N–C) groups is 1. The number of aromatic hydroxyl groups is 1. The van der Waals surface area contributed by atoms with E-state index < -0.39 is 0 Å². The standard InChI is InChI=1S/C22H21NO2/c1-2-25-21-11-9-20(10-12-21)23-16-19-15-18(8-13-22(19)24)14-17-6-4-3-5-7-17/h3-13,15-16,24H,2,14H2,1H3. The molecule has 3 nitrogen and oxygen atoms in total. The Hall–Kier alpha value is -3.07. The summed E-state index contributed by atoms with van der Waals surface area (Å²) in [6.45, 7) is 2.60. The Morgan fingerprint density at radius 2 is 1.68 bits per heavy atom. The first-order valence-electron chi connectivity index (χ1n) is 8.37. The van der Waals surface area contributed by atoms with E-state index in [2.05, 4.69) is 17.1 Å². The van der Waals surface area contributed by atoms with Gasteiger partial charge >= 0.3 is 0 Å². The molecule has 25 heavy (non-hydrogen) atoms. The van der Waals surface area contributed by atoms with Crippen LogP contribution < -0.4 is 4.74 Å². The monoisotopic (exact) mass is 331 g/mol. The van der Waals surface area contributed by atoms with E-state index in [4.69, 9.17) is 4.74 Å². The summed E-state index contributed by atoms with van der Waals surface area (Å²) in [6.07, 6.45) is 2.52. The molecule has 0 fully saturated rings. The van der Waals surface area contributed by atoms with Crippen LogP contribution >= 0.6 is 0 Å². The van der Waals surface area contributed by atoms with Crippen LogP contribution in [0.15, 0.2) is 77.8 Å². The predicted molar refractivity (Wildman–Crippen MR) is 102 cm³/mol. The summed E-state index contributed by atoms with van der Waals surface area (Å²) in [6, 6.07) is 23.5. The molecule has 3 rings (SSSR count). The van der Waals surface area contributed by atoms with E-state index >= 15 is 0 Å². The SMILES string of the molecule is CCOc1ccc(N=Cc2cc(Cc3ccccc3)ccc2O)cc1. The molecule has 0 spiro atoms. The second-order valence-electron chi connectivity index (χ2n) is 5.74. The molecule has 0 aromatic heterocycles. The van der Waals surface area contributed by atoms with Gasteiger partial charge in [0.05, 0.1) is 12.3 Å². The molecule has 0 aliphatic heterocycles. The van der Waals surface area contributed by atoms with Gasteiger partial charge in [0, 0.05) is 11.8 Å². The average molecular weight is 331 g/mol. The number of ether oxygens (including phenoxy) is 1. The van der Waals surface area contributed by atoms with Gasteiger partial charge in [0.15, 0.2) is 0 Å². The Bertz CT molecular complexity index is 840. The Morgan fingerprint density at radius 1 is 0.920 bits per heavy atom. The van der Waals surface area contributed by atoms with Gasteiger partial charge in [-0.3, -0.25) is 4.99 Å². The van der Waals surface area contributed by atoms with Crippen molar-refractivity contribution in [1.29, 1.82) is 0 Å². The zero-order valence-corrected chi connectivity index (χ0v) is 14.2. The highest BCUT2D eigenvalue weighted by Gasteiger charge is 2.02. The van der Waals surface area contributed by atoms with Crippen molar-refractivity contribution in [3.05, 3.63) is 89.5 Å². The van der Waals surface area contributed by atoms with Gasteiger partial charge in [0.25, 0.3) is 0 Å². The number of hydrogen-bond acceptors (Lipinski definition) is 3. The minimum Gasteiger partial charge on any atom is -0.507 e. The van der Waals surface area contributed by atoms with Crippen LogP contribution in [0.2, 0.25) is 0 Å². The second kappa shape index (κ2) is 8.15. The van der Waals surface area contributed by atoms with Crippen molar-refractivity contribution < 1.29 is 9.84 Å². The van der Waals surface area contributed by atoms with Crippen LogP contribution in [-0.4, -0.2) is 17.9 Å². The molecule has 0 aliphatic rings. The zero-order chi connectivity index (χ0) is 17.5. The highest BCUT2D eigenvalue weighted by Crippen LogP contribution is 2.21. The molecular weight excluding hydrogens is 310 g/mol. The van der Waals surface area contributed by atoms with Gasteiger partial charge in [-0.25, -0.2) is 0 Å². The number of benzene rings is 3. The molecule has 0 atom stereocenters. The molecule has 3 aromatic rings. The summed E-state index contributed by atoms with van der Waals surface area (Å²) in [7, 11) is 0. The minimum absolute atomic E-state index is 0.228. The molecule has 0 radical (unpaired) electrons. The van der Waals surface area contributed by atoms with Crippen LogP contribution in [0, 0.1) is 0 Å². The maximum atomic E-state index is 10.1. The minimum atomic E-state index is 0.228. The molecule has 0 aliphatic carbocycles. The fraction of sp³-hybridized carbons (Fsp3) is 0.136. The summed E-state index contributed by atoms with van der Waals surface area (Å²) < 4.78 is 5.42. The first-order valence-corrected chi connectivity index (χ1v) is 8.37. The number of phenolic OH excluding ortho intramolecular Hbond substituents is 1. The third kappa shape index (κ3) is 4.70. The molecule has 0 bridgehead atoms. The lowest BCUT2D eigenvalue weighted by atomic mass is 10.0. The van der Waals surface area contributed by atoms with Gasteiger partial charge in [0.1, 0.15) is 11.5 Å². The maximum absolute atomic E-state index is 10.1. The van der Waals surface area contributed by atoms with Gasteiger partial charge in [-0.1, -0.05) is 36.4 Å². The zero-order valence-electron chi connectivity index (χ0n) is 14.2. The Balaban J connectivity index is 1.76. The first kappa shape index (κ1) is 16.8. The van der Waals surface area contributed by atoms with Crippen molar-refractivity contribution in [3.8, 4) is 11.5 Å². The lowest BCUT2D eigenvalue weighted by Gasteiger charge is -2.05. The summed E-state index contributed by atoms with van der Waals surface area (Å²) in [5.41, 5.74) is 3.90. The molecule has 126 valence electrons. The van der Waals surface area contributed by atoms with Crippen molar-refractivity contribution in [2.75, 3.05) is 6.61 Å². The van der Waals surface area contributed by atoms with Crippen LogP contribution in [0.5, 0.6) is 11.5 Å². The van der Waals surface area contributed by atoms with Gasteiger partial charge < -0.3 is 9.84 Å². The van der Waals surface area contributed by atoms with Gasteiger partial charge in [-0.05, 0) is 60.9 Å². The van der Waals surface area contributed by atoms with Crippen molar-refractivity contribution in [2.24, 2.45) is 4.99 Å². The molecule has 3 aromatic carbocycles. The third-order valence-electron chi connectivity index (χ3n) is 3.84. The molecule has 0 amide bonds. The van der Waals surface area contributed by atoms with E-state index in [1.807, 2.05) is 61.5 Å². The average Bonchev–Trinajstić information content (AvgIpc) is 2.64. The van der Waals surface area contributed by atoms with Crippen LogP contribution in [0.3, 0.4) is 0 Å². The Morgan fingerprint density at radius 3 is 2.40 bits per heavy atom. The molecule has 0 heterocycles. The normalized spacial score (nSPS) is 10.9. The lowest BCUT2D eigenvalue weighted by Crippen LogP contribution is -1.91. The van der Waals surface area contributed by atoms with E-state index in [1.165, 1.54) is 5.56 Å². The number of nitrogens with zero attached hydrogens (tertiary/aromatic N) is 1. The molecule has 0 unspecified atom stereocenters. The maximum Gasteiger partial charge on any atom is 0.124 e. The fourth-order valence-electron chi connectivity index (χ4n) is 2.59. The third-order valence-corrected chi connectivity index (χ3v) is 3.84. The first-order chi connectivity index (χ1) is 12.2. The van der Waals surface area contributed by atoms with Crippen LogP contribution in [0.1, 0.15) is 23.6 Å². The largest absolute Gasteiger partial charge is 0.507 e. The van der Waals surface area contributed by atoms with Crippen molar-refractivity contribution in [1.82, 2.24) is 0 Å². The van der Waals surface area contributed by atoms with E-state index in [1.54, 1.807) is 12.3 Å². The molecular formula is C22H21NO2. The van der Waals surface area contributed by atoms with Gasteiger partial charge in [0.2, 0.25) is 0 Å². The molecule has 1 N–H and O–H groups in total. The number of phenols is 1. The highest BCUT2D eigenvalue weighted by molar-refractivity contribution is 5.85. The van der Waals surface area contributed by atoms with Gasteiger partial charge in [-0.15, -0.1) is 0 Å². The van der Waals surface area contributed by atoms with Crippen LogP contribution in [0.4, 0.5) is 5.69 Å². The number of rotatable bonds is 6. The lowest BCUT2D eigenvalue weighted by molar-refractivity contribution is 0.340. The summed E-state index contributed by atoms with van der Waals surface area (Å²) >= 11 is 0. The Kier molecular flexibility index (Phi) is 5.47. The molecule has 0 saturated heterocycles. The van der Waals surface area contributed by atoms with E-state index in [-0.39, 0.29) is 5.75 Å². The highest BCUT2D eigenvalue weighted by atomic mass is 16.5. The van der Waals surface area contributed by atoms with E-state index in [0.717, 1.165) is 23.4 Å². The molecule has 0 saturated carbocycles. The smallest absolute Gasteiger partial charge is 0.124 e. The molecule has 3 heteroatoms. The van der Waals surface area contributed by atoms with Crippen molar-refractivity contribution in [2.45, 2.75) is 13.3 Å². The summed E-state index contributed by atoms with van der Waals surface area (Å²) in [5, 5.41) is 10.1. The topological polar surface area (TPSA) is 41.8 Å². The fourth-order valence-corrected chi connectivity index (χ4v) is 2.59. The van der Waals surface area contributed by atoms with Crippen LogP contribution in [-0.2, 0) is 6.42 Å². The predicted octanol–water partition coefficient (Wildman–Crippen LogP) is 5.13. The van der Waals surface area contributed by atoms with Crippen molar-refractivity contribution in [3.63, 3.8) is 0 Å². The quantitative estimate of drug-likeness (QED) is 0.636. The summed E-state index contributed by atoms with van der Waals surface area (Å²) in [5.74, 6) is 1.06. The van der Waals surface area contributed by atoms with Crippen LogP contribution in [0.25, 0.3) is 0 Å². The summed E-state index contributed by atoms with van der Waals surface area (Å²) in [4.78, 5) is 4.45. The van der Waals surface area contributed by atoms with Gasteiger partial charge in [-0.2, -0.15) is 0 Å². The number of hydrogen-bond donors (Lipinski definition) is 1. The second-order valence-corrected chi connectivity index (χ2v) is 5.74. The van der Waals surface area contributed by atoms with E-state index in [0.29, 0.717) is 12.2 Å².